The molecule has 1 heterocycles. The van der Waals surface area contributed by atoms with E-state index in [2.05, 4.69) is 33.3 Å². The third-order valence-corrected chi connectivity index (χ3v) is 3.89. The molecule has 22 heavy (non-hydrogen) atoms. The molecule has 2 amide bonds. The summed E-state index contributed by atoms with van der Waals surface area (Å²) in [7, 11) is 0. The second-order valence-corrected chi connectivity index (χ2v) is 5.81. The standard InChI is InChI=1S/C14H22ClN5O2/c1-10-4-2-3-5-11(10)22-9-8-16-14(21)20-19-13-7-6-12(15)17-18-13/h6-7,10-11H,2-5,8-9H2,1H3,(H,18,19)(H2,16,20,21). The number of halogens is 1. The maximum atomic E-state index is 11.6. The molecular weight excluding hydrogens is 306 g/mol. The summed E-state index contributed by atoms with van der Waals surface area (Å²) in [5.41, 5.74) is 5.10. The SMILES string of the molecule is CC1CCCCC1OCCNC(=O)NNc1ccc(Cl)nn1. The van der Waals surface area contributed by atoms with Gasteiger partial charge in [-0.2, -0.15) is 0 Å². The first-order valence-corrected chi connectivity index (χ1v) is 7.93. The van der Waals surface area contributed by atoms with E-state index in [1.54, 1.807) is 12.1 Å². The van der Waals surface area contributed by atoms with Crippen LogP contribution in [0.1, 0.15) is 32.6 Å². The molecule has 7 nitrogen and oxygen atoms in total. The molecule has 1 saturated carbocycles. The van der Waals surface area contributed by atoms with Crippen LogP contribution in [0.3, 0.4) is 0 Å². The Labute approximate surface area is 135 Å². The monoisotopic (exact) mass is 327 g/mol. The van der Waals surface area contributed by atoms with Crippen molar-refractivity contribution in [2.24, 2.45) is 5.92 Å². The molecule has 8 heteroatoms. The van der Waals surface area contributed by atoms with Gasteiger partial charge in [-0.15, -0.1) is 10.2 Å². The highest BCUT2D eigenvalue weighted by atomic mass is 35.5. The number of rotatable bonds is 6. The van der Waals surface area contributed by atoms with E-state index in [0.717, 1.165) is 6.42 Å². The zero-order valence-electron chi connectivity index (χ0n) is 12.6. The number of anilines is 1. The van der Waals surface area contributed by atoms with Crippen LogP contribution in [0.15, 0.2) is 12.1 Å². The van der Waals surface area contributed by atoms with Crippen LogP contribution in [0.4, 0.5) is 10.6 Å². The second kappa shape index (κ2) is 8.75. The molecule has 0 radical (unpaired) electrons. The van der Waals surface area contributed by atoms with Crippen molar-refractivity contribution < 1.29 is 9.53 Å². The number of nitrogens with zero attached hydrogens (tertiary/aromatic N) is 2. The zero-order valence-corrected chi connectivity index (χ0v) is 13.4. The van der Waals surface area contributed by atoms with Gasteiger partial charge in [-0.25, -0.2) is 4.79 Å². The maximum Gasteiger partial charge on any atom is 0.333 e. The van der Waals surface area contributed by atoms with Crippen LogP contribution in [-0.2, 0) is 4.74 Å². The fourth-order valence-electron chi connectivity index (χ4n) is 2.45. The number of hydrogen-bond acceptors (Lipinski definition) is 5. The topological polar surface area (TPSA) is 88.2 Å². The summed E-state index contributed by atoms with van der Waals surface area (Å²) in [6, 6.07) is 2.84. The van der Waals surface area contributed by atoms with E-state index in [1.807, 2.05) is 0 Å². The Morgan fingerprint density at radius 1 is 1.36 bits per heavy atom. The van der Waals surface area contributed by atoms with Gasteiger partial charge in [-0.1, -0.05) is 31.4 Å². The minimum Gasteiger partial charge on any atom is -0.376 e. The number of aromatic nitrogens is 2. The number of ether oxygens (including phenoxy) is 1. The molecule has 0 saturated heterocycles. The summed E-state index contributed by atoms with van der Waals surface area (Å²) in [4.78, 5) is 11.6. The summed E-state index contributed by atoms with van der Waals surface area (Å²) in [6.45, 7) is 3.20. The molecule has 1 aromatic heterocycles. The second-order valence-electron chi connectivity index (χ2n) is 5.42. The smallest absolute Gasteiger partial charge is 0.333 e. The van der Waals surface area contributed by atoms with Crippen LogP contribution in [0.25, 0.3) is 0 Å². The molecule has 2 unspecified atom stereocenters. The molecule has 0 bridgehead atoms. The first-order valence-electron chi connectivity index (χ1n) is 7.56. The Balaban J connectivity index is 1.56. The zero-order chi connectivity index (χ0) is 15.8. The fraction of sp³-hybridized carbons (Fsp3) is 0.643. The molecule has 1 aliphatic rings. The number of hydrazine groups is 1. The molecule has 2 rings (SSSR count). The molecule has 1 fully saturated rings. The van der Waals surface area contributed by atoms with Crippen LogP contribution >= 0.6 is 11.6 Å². The highest BCUT2D eigenvalue weighted by molar-refractivity contribution is 6.29. The Morgan fingerprint density at radius 2 is 2.18 bits per heavy atom. The molecule has 3 N–H and O–H groups in total. The Hall–Kier alpha value is -1.60. The lowest BCUT2D eigenvalue weighted by Gasteiger charge is -2.28. The molecule has 122 valence electrons. The van der Waals surface area contributed by atoms with Gasteiger partial charge in [0.1, 0.15) is 0 Å². The van der Waals surface area contributed by atoms with Crippen LogP contribution < -0.4 is 16.2 Å². The Bertz CT molecular complexity index is 471. The van der Waals surface area contributed by atoms with Gasteiger partial charge in [-0.3, -0.25) is 10.9 Å². The van der Waals surface area contributed by atoms with Crippen LogP contribution in [0.5, 0.6) is 0 Å². The minimum atomic E-state index is -0.350. The van der Waals surface area contributed by atoms with E-state index < -0.39 is 0 Å². The van der Waals surface area contributed by atoms with E-state index in [4.69, 9.17) is 16.3 Å². The predicted octanol–water partition coefficient (Wildman–Crippen LogP) is 2.35. The Morgan fingerprint density at radius 3 is 2.91 bits per heavy atom. The van der Waals surface area contributed by atoms with Crippen LogP contribution in [0.2, 0.25) is 5.15 Å². The average Bonchev–Trinajstić information content (AvgIpc) is 2.52. The first-order chi connectivity index (χ1) is 10.6. The van der Waals surface area contributed by atoms with Crippen molar-refractivity contribution in [3.63, 3.8) is 0 Å². The predicted molar refractivity (Wildman–Crippen MR) is 84.6 cm³/mol. The fourth-order valence-corrected chi connectivity index (χ4v) is 2.55. The van der Waals surface area contributed by atoms with Gasteiger partial charge in [0.25, 0.3) is 0 Å². The van der Waals surface area contributed by atoms with Crippen molar-refractivity contribution in [1.82, 2.24) is 20.9 Å². The van der Waals surface area contributed by atoms with Crippen molar-refractivity contribution in [1.29, 1.82) is 0 Å². The summed E-state index contributed by atoms with van der Waals surface area (Å²) in [5, 5.41) is 10.4. The van der Waals surface area contributed by atoms with Crippen molar-refractivity contribution in [2.45, 2.75) is 38.7 Å². The van der Waals surface area contributed by atoms with E-state index in [1.165, 1.54) is 19.3 Å². The molecular formula is C14H22ClN5O2. The molecule has 2 atom stereocenters. The van der Waals surface area contributed by atoms with Crippen LogP contribution in [-0.4, -0.2) is 35.5 Å². The molecule has 1 aromatic rings. The molecule has 0 spiro atoms. The lowest BCUT2D eigenvalue weighted by atomic mass is 9.88. The van der Waals surface area contributed by atoms with Crippen molar-refractivity contribution in [3.05, 3.63) is 17.3 Å². The first kappa shape index (κ1) is 16.8. The van der Waals surface area contributed by atoms with Crippen LogP contribution in [0, 0.1) is 5.92 Å². The van der Waals surface area contributed by atoms with Gasteiger partial charge in [0.15, 0.2) is 11.0 Å². The minimum absolute atomic E-state index is 0.295. The van der Waals surface area contributed by atoms with Gasteiger partial charge in [0.05, 0.1) is 12.7 Å². The number of carbonyl (C=O) groups excluding carboxylic acids is 1. The van der Waals surface area contributed by atoms with Gasteiger partial charge < -0.3 is 10.1 Å². The summed E-state index contributed by atoms with van der Waals surface area (Å²) in [6.07, 6.45) is 5.19. The number of carbonyl (C=O) groups is 1. The third-order valence-electron chi connectivity index (χ3n) is 3.69. The van der Waals surface area contributed by atoms with E-state index in [-0.39, 0.29) is 6.03 Å². The lowest BCUT2D eigenvalue weighted by molar-refractivity contribution is -0.00241. The highest BCUT2D eigenvalue weighted by Gasteiger charge is 2.21. The maximum absolute atomic E-state index is 11.6. The number of hydrogen-bond donors (Lipinski definition) is 3. The van der Waals surface area contributed by atoms with E-state index in [9.17, 15) is 4.79 Å². The lowest BCUT2D eigenvalue weighted by Crippen LogP contribution is -2.41. The van der Waals surface area contributed by atoms with Crippen molar-refractivity contribution in [2.75, 3.05) is 18.6 Å². The molecule has 0 aliphatic heterocycles. The molecule has 0 aromatic carbocycles. The number of nitrogens with one attached hydrogen (secondary N) is 3. The summed E-state index contributed by atoms with van der Waals surface area (Å²) < 4.78 is 5.82. The highest BCUT2D eigenvalue weighted by Crippen LogP contribution is 2.25. The van der Waals surface area contributed by atoms with Gasteiger partial charge in [0.2, 0.25) is 0 Å². The molecule has 1 aliphatic carbocycles. The quantitative estimate of drug-likeness (QED) is 0.551. The normalized spacial score (nSPS) is 21.2. The van der Waals surface area contributed by atoms with Gasteiger partial charge >= 0.3 is 6.03 Å². The van der Waals surface area contributed by atoms with Gasteiger partial charge in [0, 0.05) is 6.54 Å². The van der Waals surface area contributed by atoms with E-state index in [0.29, 0.717) is 36.1 Å². The average molecular weight is 328 g/mol. The van der Waals surface area contributed by atoms with Crippen molar-refractivity contribution >= 4 is 23.4 Å². The summed E-state index contributed by atoms with van der Waals surface area (Å²) in [5.74, 6) is 1.01. The largest absolute Gasteiger partial charge is 0.376 e. The third kappa shape index (κ3) is 5.65. The summed E-state index contributed by atoms with van der Waals surface area (Å²) >= 11 is 5.62. The van der Waals surface area contributed by atoms with E-state index >= 15 is 0 Å². The van der Waals surface area contributed by atoms with Crippen molar-refractivity contribution in [3.8, 4) is 0 Å². The van der Waals surface area contributed by atoms with Gasteiger partial charge in [-0.05, 0) is 30.9 Å². The number of urea groups is 1. The Kier molecular flexibility index (Phi) is 6.67. The number of amides is 2.